The maximum absolute atomic E-state index is 13.4. The molecule has 34 heteroatoms. The molecule has 4 aromatic rings. The van der Waals surface area contributed by atoms with Crippen molar-refractivity contribution in [1.29, 1.82) is 0 Å². The summed E-state index contributed by atoms with van der Waals surface area (Å²) in [6.07, 6.45) is -9.50. The van der Waals surface area contributed by atoms with Crippen molar-refractivity contribution >= 4 is 65.4 Å². The molecule has 6 rings (SSSR count). The Labute approximate surface area is 310 Å². The van der Waals surface area contributed by atoms with Crippen molar-refractivity contribution < 1.29 is 89.0 Å². The number of nitrogen functional groups attached to an aromatic ring is 2. The van der Waals surface area contributed by atoms with Crippen LogP contribution in [0.3, 0.4) is 0 Å². The molecule has 0 spiro atoms. The van der Waals surface area contributed by atoms with Crippen molar-refractivity contribution in [2.75, 3.05) is 38.9 Å². The number of nitrogens with zero attached hydrogens (tertiary/aromatic N) is 7. The van der Waals surface area contributed by atoms with E-state index < -0.39 is 99.1 Å². The number of anilines is 2. The van der Waals surface area contributed by atoms with E-state index in [0.29, 0.717) is 7.11 Å². The maximum Gasteiger partial charge on any atom is 0.490 e. The standard InChI is InChI=1S/C22H32N10O20P4/c1-44-15-14(50-54(38,39)46-3-8-12(33)13(34)20(48-8)32-7-28-11-18(32)29-22(24)30-19(11)35)9(4-47-55(40,41)52-56(42,43)51-53(36,37)45-2)49-21(15)31-6-27-10-16(23)25-5-26-17(10)31/h5-9,12-15,20-21,33-34H,3-4H2,1-2H3,(H,36,37)(H,38,39)(H,40,41)(H,42,43)(H2,23,25,26)(H3,24,29,30,35)/t8?,9?,12-,13-,14-,15-,20?,21?/m1/s1. The van der Waals surface area contributed by atoms with Crippen LogP contribution in [0.15, 0.2) is 23.8 Å². The van der Waals surface area contributed by atoms with E-state index >= 15 is 0 Å². The van der Waals surface area contributed by atoms with Gasteiger partial charge in [0.05, 0.1) is 25.9 Å². The molecule has 0 radical (unpaired) electrons. The summed E-state index contributed by atoms with van der Waals surface area (Å²) in [6, 6.07) is 0. The number of imidazole rings is 2. The van der Waals surface area contributed by atoms with Gasteiger partial charge in [-0.1, -0.05) is 0 Å². The molecule has 4 aromatic heterocycles. The zero-order valence-electron chi connectivity index (χ0n) is 28.2. The summed E-state index contributed by atoms with van der Waals surface area (Å²) in [7, 11) is -20.4. The van der Waals surface area contributed by atoms with Crippen LogP contribution in [0.4, 0.5) is 11.8 Å². The van der Waals surface area contributed by atoms with Crippen LogP contribution in [0.1, 0.15) is 12.5 Å². The lowest BCUT2D eigenvalue weighted by molar-refractivity contribution is -0.0581. The van der Waals surface area contributed by atoms with Gasteiger partial charge in [0.25, 0.3) is 5.56 Å². The number of aliphatic hydroxyl groups is 2. The first kappa shape index (κ1) is 42.4. The smallest absolute Gasteiger partial charge is 0.387 e. The normalized spacial score (nSPS) is 29.9. The number of H-pyrrole nitrogens is 1. The minimum atomic E-state index is -5.83. The molecule has 2 saturated heterocycles. The van der Waals surface area contributed by atoms with Gasteiger partial charge in [0, 0.05) is 14.2 Å². The fraction of sp³-hybridized carbons (Fsp3) is 0.545. The zero-order valence-corrected chi connectivity index (χ0v) is 31.8. The summed E-state index contributed by atoms with van der Waals surface area (Å²) in [4.78, 5) is 74.4. The van der Waals surface area contributed by atoms with Gasteiger partial charge in [-0.3, -0.25) is 37.0 Å². The van der Waals surface area contributed by atoms with Gasteiger partial charge in [-0.2, -0.15) is 13.6 Å². The molecule has 0 aromatic carbocycles. The number of fused-ring (bicyclic) bond motifs is 2. The fourth-order valence-electron chi connectivity index (χ4n) is 5.58. The van der Waals surface area contributed by atoms with E-state index in [9.17, 15) is 52.8 Å². The average Bonchev–Trinajstić information content (AvgIpc) is 3.86. The largest absolute Gasteiger partial charge is 0.490 e. The Morgan fingerprint density at radius 1 is 0.768 bits per heavy atom. The number of aliphatic hydroxyl groups excluding tert-OH is 2. The number of aromatic amines is 1. The lowest BCUT2D eigenvalue weighted by atomic mass is 10.1. The monoisotopic (exact) mass is 880 g/mol. The summed E-state index contributed by atoms with van der Waals surface area (Å²) in [5, 5.41) is 21.5. The third kappa shape index (κ3) is 8.93. The molecular weight excluding hydrogens is 848 g/mol. The van der Waals surface area contributed by atoms with Crippen LogP contribution < -0.4 is 17.0 Å². The van der Waals surface area contributed by atoms with Crippen molar-refractivity contribution in [3.05, 3.63) is 29.3 Å². The summed E-state index contributed by atoms with van der Waals surface area (Å²) >= 11 is 0. The first-order chi connectivity index (χ1) is 26.1. The quantitative estimate of drug-likeness (QED) is 0.0558. The minimum absolute atomic E-state index is 0.0458. The summed E-state index contributed by atoms with van der Waals surface area (Å²) in [5.41, 5.74) is 10.6. The van der Waals surface area contributed by atoms with Crippen molar-refractivity contribution in [3.8, 4) is 0 Å². The van der Waals surface area contributed by atoms with Crippen LogP contribution in [0.25, 0.3) is 22.3 Å². The molecular formula is C22H32N10O20P4. The first-order valence-corrected chi connectivity index (χ1v) is 21.2. The number of phosphoric acid groups is 4. The van der Waals surface area contributed by atoms with Crippen LogP contribution in [-0.2, 0) is 59.2 Å². The number of rotatable bonds is 16. The molecule has 30 nitrogen and oxygen atoms in total. The van der Waals surface area contributed by atoms with Gasteiger partial charge in [0.2, 0.25) is 5.95 Å². The van der Waals surface area contributed by atoms with Gasteiger partial charge < -0.3 is 55.5 Å². The number of hydrogen-bond acceptors (Lipinski definition) is 23. The molecule has 2 aliphatic rings. The third-order valence-corrected chi connectivity index (χ3v) is 13.2. The second-order valence-corrected chi connectivity index (χ2v) is 17.7. The number of nitrogens with one attached hydrogen (secondary N) is 1. The van der Waals surface area contributed by atoms with Gasteiger partial charge in [-0.15, -0.1) is 0 Å². The predicted octanol–water partition coefficient (Wildman–Crippen LogP) is -1.84. The predicted molar refractivity (Wildman–Crippen MR) is 178 cm³/mol. The Bertz CT molecular complexity index is 2340. The first-order valence-electron chi connectivity index (χ1n) is 15.3. The Morgan fingerprint density at radius 2 is 1.38 bits per heavy atom. The van der Waals surface area contributed by atoms with Gasteiger partial charge >= 0.3 is 31.3 Å². The minimum Gasteiger partial charge on any atom is -0.387 e. The highest BCUT2D eigenvalue weighted by Gasteiger charge is 2.53. The van der Waals surface area contributed by atoms with Crippen molar-refractivity contribution in [2.24, 2.45) is 0 Å². The van der Waals surface area contributed by atoms with Crippen LogP contribution in [-0.4, -0.2) is 133 Å². The van der Waals surface area contributed by atoms with Crippen molar-refractivity contribution in [3.63, 3.8) is 0 Å². The van der Waals surface area contributed by atoms with E-state index in [1.165, 1.54) is 10.9 Å². The van der Waals surface area contributed by atoms with E-state index in [1.807, 2.05) is 0 Å². The van der Waals surface area contributed by atoms with E-state index in [1.54, 1.807) is 0 Å². The fourth-order valence-corrected chi connectivity index (χ4v) is 9.80. The highest BCUT2D eigenvalue weighted by molar-refractivity contribution is 7.66. The Morgan fingerprint density at radius 3 is 2.05 bits per heavy atom. The van der Waals surface area contributed by atoms with Crippen LogP contribution >= 0.6 is 31.3 Å². The molecule has 2 fully saturated rings. The SMILES string of the molecule is CO[C@H]1C(n2cnc3c(N)ncnc32)OC(COP(=O)(O)OP(=O)(O)OP(=O)(O)OC)[C@H]1OP(=O)(O)OCC1OC(n2cnc3c(=O)[nH]c(N)nc32)[C@H](O)[C@@H]1O. The number of phosphoric ester groups is 3. The third-order valence-electron chi connectivity index (χ3n) is 7.98. The molecule has 6 heterocycles. The summed E-state index contributed by atoms with van der Waals surface area (Å²) in [6.45, 7) is -2.08. The zero-order chi connectivity index (χ0) is 41.0. The molecule has 2 aliphatic heterocycles. The average molecular weight is 880 g/mol. The van der Waals surface area contributed by atoms with E-state index in [2.05, 4.69) is 43.0 Å². The number of hydrogen-bond donors (Lipinski definition) is 9. The van der Waals surface area contributed by atoms with Gasteiger partial charge in [-0.05, 0) is 0 Å². The molecule has 0 aliphatic carbocycles. The van der Waals surface area contributed by atoms with Gasteiger partial charge in [0.15, 0.2) is 35.1 Å². The number of nitrogens with two attached hydrogens (primary N) is 2. The van der Waals surface area contributed by atoms with E-state index in [-0.39, 0.29) is 34.1 Å². The molecule has 12 atom stereocenters. The molecule has 56 heavy (non-hydrogen) atoms. The van der Waals surface area contributed by atoms with E-state index in [0.717, 1.165) is 24.3 Å². The maximum atomic E-state index is 13.4. The number of aromatic nitrogens is 8. The van der Waals surface area contributed by atoms with E-state index in [4.69, 9.17) is 39.2 Å². The Hall–Kier alpha value is -3.18. The van der Waals surface area contributed by atoms with Crippen LogP contribution in [0.5, 0.6) is 0 Å². The van der Waals surface area contributed by atoms with Crippen molar-refractivity contribution in [1.82, 2.24) is 39.0 Å². The lowest BCUT2D eigenvalue weighted by Gasteiger charge is -2.26. The Kier molecular flexibility index (Phi) is 12.0. The lowest BCUT2D eigenvalue weighted by Crippen LogP contribution is -2.38. The summed E-state index contributed by atoms with van der Waals surface area (Å²) in [5.74, 6) is -0.335. The second-order valence-electron chi connectivity index (χ2n) is 11.6. The highest BCUT2D eigenvalue weighted by Crippen LogP contribution is 2.67. The molecule has 310 valence electrons. The highest BCUT2D eigenvalue weighted by atomic mass is 31.3. The molecule has 8 unspecified atom stereocenters. The Balaban J connectivity index is 1.21. The topological polar surface area (TPSA) is 432 Å². The van der Waals surface area contributed by atoms with Gasteiger partial charge in [-0.25, -0.2) is 38.2 Å². The van der Waals surface area contributed by atoms with Gasteiger partial charge in [0.1, 0.15) is 48.5 Å². The van der Waals surface area contributed by atoms with Crippen LogP contribution in [0.2, 0.25) is 0 Å². The summed E-state index contributed by atoms with van der Waals surface area (Å²) < 4.78 is 96.3. The van der Waals surface area contributed by atoms with Crippen molar-refractivity contribution in [2.45, 2.75) is 49.1 Å². The molecule has 0 saturated carbocycles. The second kappa shape index (κ2) is 15.9. The molecule has 11 N–H and O–H groups in total. The number of methoxy groups -OCH3 is 1. The molecule has 0 amide bonds. The molecule has 0 bridgehead atoms. The van der Waals surface area contributed by atoms with Crippen LogP contribution in [0, 0.1) is 0 Å². The number of ether oxygens (including phenoxy) is 3.